The van der Waals surface area contributed by atoms with Gasteiger partial charge in [-0.15, -0.1) is 0 Å². The highest BCUT2D eigenvalue weighted by atomic mass is 16.6. The Morgan fingerprint density at radius 3 is 1.00 bits per heavy atom. The molecule has 1 aromatic rings. The molecule has 14 nitrogen and oxygen atoms in total. The van der Waals surface area contributed by atoms with E-state index in [9.17, 15) is 4.79 Å². The first-order chi connectivity index (χ1) is 24.2. The third-order valence-electron chi connectivity index (χ3n) is 6.28. The van der Waals surface area contributed by atoms with Gasteiger partial charge in [0.15, 0.2) is 0 Å². The molecule has 0 radical (unpaired) electrons. The molecule has 0 atom stereocenters. The molecule has 1 aromatic carbocycles. The zero-order valence-electron chi connectivity index (χ0n) is 30.0. The van der Waals surface area contributed by atoms with Crippen molar-refractivity contribution in [1.29, 1.82) is 0 Å². The quantitative estimate of drug-likeness (QED) is 0.100. The van der Waals surface area contributed by atoms with Gasteiger partial charge in [0.2, 0.25) is 5.91 Å². The molecule has 0 bridgehead atoms. The summed E-state index contributed by atoms with van der Waals surface area (Å²) in [7, 11) is 0. The van der Waals surface area contributed by atoms with E-state index in [2.05, 4.69) is 12.2 Å². The molecule has 0 aliphatic carbocycles. The van der Waals surface area contributed by atoms with Gasteiger partial charge in [0, 0.05) is 19.2 Å². The summed E-state index contributed by atoms with van der Waals surface area (Å²) in [5.74, 6) is 0.610. The molecule has 0 aliphatic rings. The predicted molar refractivity (Wildman–Crippen MR) is 185 cm³/mol. The molecule has 0 aliphatic heterocycles. The number of carbonyl (C=O) groups is 1. The summed E-state index contributed by atoms with van der Waals surface area (Å²) in [5, 5.41) is 2.71. The fourth-order valence-electron chi connectivity index (χ4n) is 3.81. The van der Waals surface area contributed by atoms with Gasteiger partial charge in [0.25, 0.3) is 0 Å². The summed E-state index contributed by atoms with van der Waals surface area (Å²) in [6, 6.07) is 7.18. The molecule has 49 heavy (non-hydrogen) atoms. The second-order valence-corrected chi connectivity index (χ2v) is 10.5. The number of carbonyl (C=O) groups excluding carboxylic acids is 1. The molecule has 0 fully saturated rings. The maximum atomic E-state index is 11.0. The molecular formula is C35H63NO13. The minimum absolute atomic E-state index is 0.107. The third-order valence-corrected chi connectivity index (χ3v) is 6.28. The Labute approximate surface area is 293 Å². The van der Waals surface area contributed by atoms with Crippen molar-refractivity contribution >= 4 is 11.6 Å². The molecule has 0 saturated heterocycles. The molecule has 0 saturated carbocycles. The maximum absolute atomic E-state index is 11.0. The van der Waals surface area contributed by atoms with Crippen molar-refractivity contribution in [3.8, 4) is 5.75 Å². The lowest BCUT2D eigenvalue weighted by Gasteiger charge is -2.09. The van der Waals surface area contributed by atoms with E-state index in [4.69, 9.17) is 56.8 Å². The van der Waals surface area contributed by atoms with Crippen LogP contribution in [0.4, 0.5) is 5.69 Å². The lowest BCUT2D eigenvalue weighted by molar-refractivity contribution is -0.114. The van der Waals surface area contributed by atoms with Crippen molar-refractivity contribution in [2.75, 3.05) is 157 Å². The highest BCUT2D eigenvalue weighted by Crippen LogP contribution is 2.15. The van der Waals surface area contributed by atoms with Crippen LogP contribution in [0.1, 0.15) is 33.1 Å². The summed E-state index contributed by atoms with van der Waals surface area (Å²) in [4.78, 5) is 11.0. The average molecular weight is 706 g/mol. The van der Waals surface area contributed by atoms with Crippen molar-refractivity contribution in [2.45, 2.75) is 33.1 Å². The fourth-order valence-corrected chi connectivity index (χ4v) is 3.81. The van der Waals surface area contributed by atoms with Gasteiger partial charge in [-0.25, -0.2) is 0 Å². The van der Waals surface area contributed by atoms with Gasteiger partial charge in [0.1, 0.15) is 12.4 Å². The number of nitrogens with one attached hydrogen (secondary N) is 1. The smallest absolute Gasteiger partial charge is 0.221 e. The van der Waals surface area contributed by atoms with Crippen molar-refractivity contribution in [1.82, 2.24) is 0 Å². The Morgan fingerprint density at radius 2 is 0.714 bits per heavy atom. The van der Waals surface area contributed by atoms with E-state index < -0.39 is 0 Å². The lowest BCUT2D eigenvalue weighted by atomic mass is 10.3. The number of hydrogen-bond acceptors (Lipinski definition) is 13. The highest BCUT2D eigenvalue weighted by molar-refractivity contribution is 5.88. The molecule has 1 amide bonds. The van der Waals surface area contributed by atoms with Crippen LogP contribution in [0, 0.1) is 0 Å². The number of benzene rings is 1. The van der Waals surface area contributed by atoms with Gasteiger partial charge >= 0.3 is 0 Å². The number of rotatable bonds is 39. The normalized spacial score (nSPS) is 11.3. The molecule has 1 rings (SSSR count). The zero-order chi connectivity index (χ0) is 35.1. The largest absolute Gasteiger partial charge is 0.491 e. The van der Waals surface area contributed by atoms with Crippen LogP contribution >= 0.6 is 0 Å². The minimum atomic E-state index is -0.107. The molecule has 286 valence electrons. The first-order valence-electron chi connectivity index (χ1n) is 17.6. The summed E-state index contributed by atoms with van der Waals surface area (Å²) in [6.07, 6.45) is 3.53. The number of anilines is 1. The second kappa shape index (κ2) is 37.3. The van der Waals surface area contributed by atoms with Crippen molar-refractivity contribution in [3.05, 3.63) is 24.3 Å². The van der Waals surface area contributed by atoms with Crippen molar-refractivity contribution < 1.29 is 61.6 Å². The highest BCUT2D eigenvalue weighted by Gasteiger charge is 1.99. The first-order valence-corrected chi connectivity index (χ1v) is 17.6. The predicted octanol–water partition coefficient (Wildman–Crippen LogP) is 3.40. The van der Waals surface area contributed by atoms with E-state index in [1.807, 2.05) is 0 Å². The SMILES string of the molecule is CCCCCOCCOCCOCCOCCOCCOCCOCCOCCOCCOCCOCCOc1ccc(NC(C)=O)cc1. The van der Waals surface area contributed by atoms with E-state index >= 15 is 0 Å². The Balaban J connectivity index is 1.65. The van der Waals surface area contributed by atoms with Gasteiger partial charge < -0.3 is 62.2 Å². The van der Waals surface area contributed by atoms with Crippen LogP contribution in [0.15, 0.2) is 24.3 Å². The Bertz CT molecular complexity index is 819. The molecule has 0 unspecified atom stereocenters. The van der Waals surface area contributed by atoms with Gasteiger partial charge in [-0.1, -0.05) is 19.8 Å². The van der Waals surface area contributed by atoms with Crippen LogP contribution in [-0.4, -0.2) is 158 Å². The topological polar surface area (TPSA) is 140 Å². The molecule has 0 heterocycles. The molecular weight excluding hydrogens is 642 g/mol. The number of unbranched alkanes of at least 4 members (excludes halogenated alkanes) is 2. The Kier molecular flexibility index (Phi) is 34.3. The van der Waals surface area contributed by atoms with Gasteiger partial charge in [-0.05, 0) is 30.7 Å². The standard InChI is InChI=1S/C35H63NO13/c1-3-4-5-10-38-11-12-39-13-14-40-15-16-41-17-18-42-19-20-43-21-22-44-23-24-45-25-26-46-27-28-47-29-30-48-31-32-49-35-8-6-34(7-9-35)36-33(2)37/h6-9H,3-5,10-32H2,1-2H3,(H,36,37). The number of ether oxygens (including phenoxy) is 12. The van der Waals surface area contributed by atoms with E-state index in [1.165, 1.54) is 19.8 Å². The third kappa shape index (κ3) is 34.3. The fraction of sp³-hybridized carbons (Fsp3) is 0.800. The van der Waals surface area contributed by atoms with Crippen molar-refractivity contribution in [3.63, 3.8) is 0 Å². The number of hydrogen-bond donors (Lipinski definition) is 1. The Hall–Kier alpha value is -1.95. The van der Waals surface area contributed by atoms with Gasteiger partial charge in [-0.3, -0.25) is 4.79 Å². The first kappa shape index (κ1) is 45.1. The van der Waals surface area contributed by atoms with E-state index in [1.54, 1.807) is 24.3 Å². The monoisotopic (exact) mass is 705 g/mol. The van der Waals surface area contributed by atoms with E-state index in [0.29, 0.717) is 145 Å². The van der Waals surface area contributed by atoms with Gasteiger partial charge in [-0.2, -0.15) is 0 Å². The summed E-state index contributed by atoms with van der Waals surface area (Å²) >= 11 is 0. The molecule has 14 heteroatoms. The second-order valence-electron chi connectivity index (χ2n) is 10.5. The maximum Gasteiger partial charge on any atom is 0.221 e. The summed E-state index contributed by atoms with van der Waals surface area (Å²) < 4.78 is 65.9. The van der Waals surface area contributed by atoms with Crippen LogP contribution in [0.2, 0.25) is 0 Å². The van der Waals surface area contributed by atoms with Gasteiger partial charge in [0.05, 0.1) is 139 Å². The van der Waals surface area contributed by atoms with Crippen LogP contribution in [0.5, 0.6) is 5.75 Å². The van der Waals surface area contributed by atoms with E-state index in [-0.39, 0.29) is 5.91 Å². The van der Waals surface area contributed by atoms with E-state index in [0.717, 1.165) is 24.5 Å². The number of amides is 1. The summed E-state index contributed by atoms with van der Waals surface area (Å²) in [6.45, 7) is 15.8. The minimum Gasteiger partial charge on any atom is -0.491 e. The molecule has 0 aromatic heterocycles. The van der Waals surface area contributed by atoms with Crippen molar-refractivity contribution in [2.24, 2.45) is 0 Å². The molecule has 1 N–H and O–H groups in total. The van der Waals surface area contributed by atoms with Crippen LogP contribution in [0.25, 0.3) is 0 Å². The average Bonchev–Trinajstić information content (AvgIpc) is 3.10. The lowest BCUT2D eigenvalue weighted by Crippen LogP contribution is -2.15. The zero-order valence-corrected chi connectivity index (χ0v) is 30.0. The van der Waals surface area contributed by atoms with Crippen LogP contribution in [-0.2, 0) is 56.9 Å². The van der Waals surface area contributed by atoms with Crippen LogP contribution < -0.4 is 10.1 Å². The summed E-state index contributed by atoms with van der Waals surface area (Å²) in [5.41, 5.74) is 0.732. The van der Waals surface area contributed by atoms with Crippen LogP contribution in [0.3, 0.4) is 0 Å². The molecule has 0 spiro atoms. The Morgan fingerprint density at radius 1 is 0.429 bits per heavy atom.